The van der Waals surface area contributed by atoms with Gasteiger partial charge in [-0.15, -0.1) is 12.6 Å². The van der Waals surface area contributed by atoms with Crippen LogP contribution >= 0.6 is 12.6 Å². The number of hydrogen-bond donors (Lipinski definition) is 4. The van der Waals surface area contributed by atoms with Crippen molar-refractivity contribution in [3.63, 3.8) is 0 Å². The number of esters is 1. The van der Waals surface area contributed by atoms with Crippen LogP contribution in [0.1, 0.15) is 93.4 Å². The zero-order valence-corrected chi connectivity index (χ0v) is 29.1. The summed E-state index contributed by atoms with van der Waals surface area (Å²) in [4.78, 5) is 60.9. The van der Waals surface area contributed by atoms with Crippen molar-refractivity contribution in [1.29, 1.82) is 0 Å². The van der Waals surface area contributed by atoms with Crippen molar-refractivity contribution in [3.05, 3.63) is 0 Å². The summed E-state index contributed by atoms with van der Waals surface area (Å²) in [5, 5.41) is 9.56. The van der Waals surface area contributed by atoms with E-state index in [1.165, 1.54) is 7.05 Å². The van der Waals surface area contributed by atoms with Crippen LogP contribution in [0.2, 0.25) is 0 Å². The molecule has 0 aromatic heterocycles. The lowest BCUT2D eigenvalue weighted by molar-refractivity contribution is -0.172. The van der Waals surface area contributed by atoms with Gasteiger partial charge in [0.05, 0.1) is 6.10 Å². The van der Waals surface area contributed by atoms with Gasteiger partial charge >= 0.3 is 18.2 Å². The van der Waals surface area contributed by atoms with Gasteiger partial charge in [-0.2, -0.15) is 0 Å². The summed E-state index contributed by atoms with van der Waals surface area (Å²) in [6, 6.07) is 0.640. The van der Waals surface area contributed by atoms with Gasteiger partial charge < -0.3 is 35.3 Å². The summed E-state index contributed by atoms with van der Waals surface area (Å²) in [5.41, 5.74) is 4.12. The van der Waals surface area contributed by atoms with Gasteiger partial charge in [0.25, 0.3) is 0 Å². The molecular weight excluding hydrogens is 590 g/mol. The number of ether oxygens (including phenoxy) is 3. The molecule has 0 saturated carbocycles. The largest absolute Gasteiger partial charge is 0.465 e. The third-order valence-electron chi connectivity index (χ3n) is 8.22. The lowest BCUT2D eigenvalue weighted by Gasteiger charge is -2.37. The standard InChI is InChI=1S/C21H35NO6.C8H17NOS.C2H5NO2/c1-7-17-21(6,28-20(22)26)11-14(4)16(23)9-8-12(2)10-13(3)18(24)15(5)19(25)27-17;1-6-4-7(9(2)3)5-8(11)10-6;1-3-2(4)5/h12-15,17H,7-11H2,1-6H3,(H2,22,26);6-8,11H,4-5H2,1-3H3;3H,1H3,(H,4,5)/t12-,13+,14+,15?,17+,21-;6-,7+,8+;/m01./s1. The first-order valence-corrected chi connectivity index (χ1v) is 15.9. The fourth-order valence-electron chi connectivity index (χ4n) is 5.60. The number of nitrogens with two attached hydrogens (primary N) is 1. The summed E-state index contributed by atoms with van der Waals surface area (Å²) in [5.74, 6) is -2.19. The molecule has 2 saturated heterocycles. The number of thiol groups is 1. The number of hydrogen-bond acceptors (Lipinski definition) is 10. The van der Waals surface area contributed by atoms with E-state index in [2.05, 4.69) is 38.5 Å². The molecule has 44 heavy (non-hydrogen) atoms. The molecule has 0 radical (unpaired) electrons. The highest BCUT2D eigenvalue weighted by molar-refractivity contribution is 7.80. The smallest absolute Gasteiger partial charge is 0.405 e. The molecule has 256 valence electrons. The molecule has 0 spiro atoms. The monoisotopic (exact) mass is 647 g/mol. The van der Waals surface area contributed by atoms with Crippen LogP contribution in [0.15, 0.2) is 0 Å². The van der Waals surface area contributed by atoms with Crippen molar-refractivity contribution < 1.29 is 43.3 Å². The maximum atomic E-state index is 12.6. The second-order valence-corrected chi connectivity index (χ2v) is 13.2. The van der Waals surface area contributed by atoms with E-state index in [0.717, 1.165) is 12.8 Å². The Bertz CT molecular complexity index is 940. The van der Waals surface area contributed by atoms with Crippen LogP contribution in [-0.4, -0.2) is 90.2 Å². The van der Waals surface area contributed by atoms with Gasteiger partial charge in [0.1, 0.15) is 34.6 Å². The Labute approximate surface area is 268 Å². The van der Waals surface area contributed by atoms with Gasteiger partial charge in [0.2, 0.25) is 0 Å². The number of cyclic esters (lactones) is 1. The Morgan fingerprint density at radius 1 is 1.09 bits per heavy atom. The van der Waals surface area contributed by atoms with Crippen LogP contribution in [0.25, 0.3) is 0 Å². The Balaban J connectivity index is 0.000000940. The molecule has 0 aromatic rings. The molecule has 0 aliphatic carbocycles. The van der Waals surface area contributed by atoms with E-state index >= 15 is 0 Å². The minimum atomic E-state index is -1.25. The van der Waals surface area contributed by atoms with E-state index < -0.39 is 35.8 Å². The topological polar surface area (TPSA) is 175 Å². The molecule has 1 unspecified atom stereocenters. The van der Waals surface area contributed by atoms with Crippen LogP contribution in [-0.2, 0) is 28.6 Å². The van der Waals surface area contributed by atoms with E-state index in [1.54, 1.807) is 34.6 Å². The van der Waals surface area contributed by atoms with Crippen LogP contribution in [0, 0.1) is 23.7 Å². The molecule has 2 aliphatic heterocycles. The molecule has 4 N–H and O–H groups in total. The average molecular weight is 648 g/mol. The summed E-state index contributed by atoms with van der Waals surface area (Å²) in [7, 11) is 5.58. The first kappa shape index (κ1) is 41.6. The molecule has 9 atom stereocenters. The van der Waals surface area contributed by atoms with Crippen molar-refractivity contribution in [1.82, 2.24) is 10.2 Å². The molecule has 12 nitrogen and oxygen atoms in total. The molecule has 0 bridgehead atoms. The Hall–Kier alpha value is -2.38. The fraction of sp³-hybridized carbons (Fsp3) is 0.839. The van der Waals surface area contributed by atoms with Crippen molar-refractivity contribution in [2.45, 2.75) is 123 Å². The number of nitrogens with zero attached hydrogens (tertiary/aromatic N) is 1. The third kappa shape index (κ3) is 15.1. The fourth-order valence-corrected chi connectivity index (χ4v) is 6.05. The molecule has 2 rings (SSSR count). The number of rotatable bonds is 3. The third-order valence-corrected chi connectivity index (χ3v) is 8.55. The predicted octanol–water partition coefficient (Wildman–Crippen LogP) is 4.67. The van der Waals surface area contributed by atoms with E-state index in [0.29, 0.717) is 37.8 Å². The Kier molecular flexibility index (Phi) is 18.8. The van der Waals surface area contributed by atoms with E-state index in [4.69, 9.17) is 25.1 Å². The SMILES string of the molecule is CC[C@H]1OC(=O)C(C)C(=O)[C@H](C)C[C@@H](C)CCC(=O)[C@H](C)C[C@]1(C)OC(N)=O.CNC(=O)O.C[C@@H]1C[C@H](N(C)C)C[C@H](S)O1. The van der Waals surface area contributed by atoms with Crippen molar-refractivity contribution in [3.8, 4) is 0 Å². The minimum absolute atomic E-state index is 0.0525. The maximum Gasteiger partial charge on any atom is 0.405 e. The van der Waals surface area contributed by atoms with Crippen molar-refractivity contribution in [2.75, 3.05) is 21.1 Å². The molecule has 2 heterocycles. The van der Waals surface area contributed by atoms with Gasteiger partial charge in [0, 0.05) is 37.8 Å². The lowest BCUT2D eigenvalue weighted by atomic mass is 9.81. The zero-order chi connectivity index (χ0) is 34.4. The first-order chi connectivity index (χ1) is 20.3. The van der Waals surface area contributed by atoms with Crippen LogP contribution in [0.4, 0.5) is 9.59 Å². The van der Waals surface area contributed by atoms with E-state index in [1.807, 2.05) is 12.2 Å². The highest BCUT2D eigenvalue weighted by atomic mass is 32.1. The van der Waals surface area contributed by atoms with Gasteiger partial charge in [-0.05, 0) is 72.9 Å². The van der Waals surface area contributed by atoms with Crippen LogP contribution < -0.4 is 11.1 Å². The second-order valence-electron chi connectivity index (χ2n) is 12.6. The lowest BCUT2D eigenvalue weighted by Crippen LogP contribution is -2.49. The molecule has 2 fully saturated rings. The van der Waals surface area contributed by atoms with Gasteiger partial charge in [-0.25, -0.2) is 9.59 Å². The minimum Gasteiger partial charge on any atom is -0.465 e. The highest BCUT2D eigenvalue weighted by Gasteiger charge is 2.43. The van der Waals surface area contributed by atoms with Crippen molar-refractivity contribution >= 4 is 42.4 Å². The number of carbonyl (C=O) groups excluding carboxylic acids is 4. The van der Waals surface area contributed by atoms with Crippen LogP contribution in [0.5, 0.6) is 0 Å². The number of carbonyl (C=O) groups is 5. The van der Waals surface area contributed by atoms with Gasteiger partial charge in [-0.1, -0.05) is 27.7 Å². The summed E-state index contributed by atoms with van der Waals surface area (Å²) in [6.07, 6.45) is 1.95. The number of nitrogens with one attached hydrogen (secondary N) is 1. The number of primary amides is 1. The second kappa shape index (κ2) is 19.9. The zero-order valence-electron chi connectivity index (χ0n) is 28.3. The predicted molar refractivity (Wildman–Crippen MR) is 171 cm³/mol. The molecule has 13 heteroatoms. The summed E-state index contributed by atoms with van der Waals surface area (Å²) < 4.78 is 16.4. The number of ketones is 2. The number of Topliss-reactive ketones (excluding diaryl/α,β-unsaturated/α-hetero) is 2. The first-order valence-electron chi connectivity index (χ1n) is 15.4. The molecule has 2 aliphatic rings. The van der Waals surface area contributed by atoms with Crippen molar-refractivity contribution in [2.24, 2.45) is 29.4 Å². The maximum absolute atomic E-state index is 12.6. The highest BCUT2D eigenvalue weighted by Crippen LogP contribution is 2.32. The quantitative estimate of drug-likeness (QED) is 0.191. The number of amides is 2. The Morgan fingerprint density at radius 2 is 1.66 bits per heavy atom. The van der Waals surface area contributed by atoms with Gasteiger partial charge in [0.15, 0.2) is 0 Å². The van der Waals surface area contributed by atoms with Gasteiger partial charge in [-0.3, -0.25) is 14.4 Å². The summed E-state index contributed by atoms with van der Waals surface area (Å²) in [6.45, 7) is 12.6. The average Bonchev–Trinajstić information content (AvgIpc) is 2.92. The van der Waals surface area contributed by atoms with E-state index in [-0.39, 0.29) is 41.2 Å². The Morgan fingerprint density at radius 3 is 2.11 bits per heavy atom. The normalized spacial score (nSPS) is 33.8. The number of carboxylic acid groups (broad SMARTS) is 1. The molecule has 2 amide bonds. The van der Waals surface area contributed by atoms with E-state index in [9.17, 15) is 24.0 Å². The summed E-state index contributed by atoms with van der Waals surface area (Å²) >= 11 is 4.33. The van der Waals surface area contributed by atoms with Crippen LogP contribution in [0.3, 0.4) is 0 Å². The molecule has 0 aromatic carbocycles. The molecular formula is C31H57N3O9S.